The van der Waals surface area contributed by atoms with Crippen LogP contribution in [0.25, 0.3) is 11.0 Å². The second-order valence-corrected chi connectivity index (χ2v) is 12.7. The van der Waals surface area contributed by atoms with E-state index in [0.29, 0.717) is 30.3 Å². The first-order valence-corrected chi connectivity index (χ1v) is 15.1. The van der Waals surface area contributed by atoms with Crippen LogP contribution in [0.4, 0.5) is 4.79 Å². The van der Waals surface area contributed by atoms with Crippen LogP contribution in [-0.2, 0) is 34.3 Å². The fourth-order valence-corrected chi connectivity index (χ4v) is 6.25. The van der Waals surface area contributed by atoms with Crippen molar-refractivity contribution in [1.82, 2.24) is 18.9 Å². The minimum atomic E-state index is -0.750. The number of imidazole rings is 1. The first-order chi connectivity index (χ1) is 20.5. The third-order valence-electron chi connectivity index (χ3n) is 8.57. The van der Waals surface area contributed by atoms with E-state index in [0.717, 1.165) is 42.3 Å². The molecule has 0 N–H and O–H groups in total. The van der Waals surface area contributed by atoms with Gasteiger partial charge in [0.1, 0.15) is 17.4 Å². The zero-order valence-electron chi connectivity index (χ0n) is 25.8. The smallest absolute Gasteiger partial charge is 0.410 e. The van der Waals surface area contributed by atoms with Gasteiger partial charge in [-0.25, -0.2) is 9.59 Å². The molecule has 0 radical (unpaired) electrons. The Kier molecular flexibility index (Phi) is 8.66. The highest BCUT2D eigenvalue weighted by molar-refractivity contribution is 6.00. The summed E-state index contributed by atoms with van der Waals surface area (Å²) in [6.07, 6.45) is 3.76. The first-order valence-electron chi connectivity index (χ1n) is 15.1. The number of aromatic nitrogens is 2. The van der Waals surface area contributed by atoms with Gasteiger partial charge in [-0.2, -0.15) is 0 Å². The van der Waals surface area contributed by atoms with Gasteiger partial charge in [-0.05, 0) is 88.1 Å². The molecule has 2 fully saturated rings. The SMILES string of the molecule is COc1ccc(CN2C(=O)CCC(n3c(=O)n(C)c4c(CCC5CCN(C(=O)OC(C)(C)C)CC5)cccc43)C2=O)cc1. The number of aryl methyl sites for hydroxylation is 2. The number of nitrogens with zero attached hydrogens (tertiary/aromatic N) is 4. The molecule has 3 amide bonds. The fourth-order valence-electron chi connectivity index (χ4n) is 6.25. The molecule has 0 saturated carbocycles. The molecule has 0 aliphatic carbocycles. The molecule has 2 aliphatic rings. The Morgan fingerprint density at radius 1 is 0.977 bits per heavy atom. The summed E-state index contributed by atoms with van der Waals surface area (Å²) >= 11 is 0. The summed E-state index contributed by atoms with van der Waals surface area (Å²) in [6.45, 7) is 7.13. The van der Waals surface area contributed by atoms with Crippen LogP contribution in [0.2, 0.25) is 0 Å². The van der Waals surface area contributed by atoms with E-state index >= 15 is 0 Å². The highest BCUT2D eigenvalue weighted by Crippen LogP contribution is 2.31. The number of amides is 3. The largest absolute Gasteiger partial charge is 0.497 e. The Bertz CT molecular complexity index is 1560. The van der Waals surface area contributed by atoms with Gasteiger partial charge in [-0.3, -0.25) is 23.6 Å². The van der Waals surface area contributed by atoms with Crippen molar-refractivity contribution < 1.29 is 23.9 Å². The molecular weight excluding hydrogens is 548 g/mol. The summed E-state index contributed by atoms with van der Waals surface area (Å²) in [7, 11) is 3.33. The second kappa shape index (κ2) is 12.3. The third kappa shape index (κ3) is 6.48. The summed E-state index contributed by atoms with van der Waals surface area (Å²) < 4.78 is 14.0. The number of carbonyl (C=O) groups is 3. The molecule has 2 aromatic carbocycles. The molecule has 1 aromatic heterocycles. The Balaban J connectivity index is 1.31. The molecule has 10 heteroatoms. The van der Waals surface area contributed by atoms with Crippen LogP contribution in [-0.4, -0.2) is 62.6 Å². The summed E-state index contributed by atoms with van der Waals surface area (Å²) in [6, 6.07) is 12.4. The van der Waals surface area contributed by atoms with Gasteiger partial charge < -0.3 is 14.4 Å². The van der Waals surface area contributed by atoms with Crippen LogP contribution in [0.1, 0.15) is 70.0 Å². The quantitative estimate of drug-likeness (QED) is 0.366. The lowest BCUT2D eigenvalue weighted by atomic mass is 9.90. The van der Waals surface area contributed by atoms with E-state index in [-0.39, 0.29) is 43.0 Å². The molecule has 1 unspecified atom stereocenters. The van der Waals surface area contributed by atoms with Crippen molar-refractivity contribution >= 4 is 28.9 Å². The summed E-state index contributed by atoms with van der Waals surface area (Å²) in [5, 5.41) is 0. The summed E-state index contributed by atoms with van der Waals surface area (Å²) in [5.74, 6) is 0.570. The number of piperidine rings is 2. The number of likely N-dealkylation sites (tertiary alicyclic amines) is 2. The number of ether oxygens (including phenoxy) is 2. The molecule has 10 nitrogen and oxygen atoms in total. The number of fused-ring (bicyclic) bond motifs is 1. The second-order valence-electron chi connectivity index (χ2n) is 12.7. The van der Waals surface area contributed by atoms with Gasteiger partial charge >= 0.3 is 11.8 Å². The van der Waals surface area contributed by atoms with Crippen molar-refractivity contribution in [2.75, 3.05) is 20.2 Å². The maximum Gasteiger partial charge on any atom is 0.410 e. The van der Waals surface area contributed by atoms with Gasteiger partial charge in [0.05, 0.1) is 24.7 Å². The Labute approximate surface area is 252 Å². The molecule has 230 valence electrons. The number of imide groups is 1. The number of para-hydroxylation sites is 1. The zero-order chi connectivity index (χ0) is 30.9. The molecule has 0 spiro atoms. The van der Waals surface area contributed by atoms with E-state index in [4.69, 9.17) is 9.47 Å². The highest BCUT2D eigenvalue weighted by atomic mass is 16.6. The van der Waals surface area contributed by atoms with E-state index in [1.165, 1.54) is 4.90 Å². The normalized spacial score (nSPS) is 18.4. The molecular formula is C33H42N4O6. The molecule has 3 heterocycles. The van der Waals surface area contributed by atoms with Crippen LogP contribution >= 0.6 is 0 Å². The van der Waals surface area contributed by atoms with E-state index in [2.05, 4.69) is 0 Å². The average Bonchev–Trinajstić information content (AvgIpc) is 3.23. The van der Waals surface area contributed by atoms with E-state index in [1.807, 2.05) is 51.1 Å². The number of benzene rings is 2. The highest BCUT2D eigenvalue weighted by Gasteiger charge is 2.37. The predicted molar refractivity (Wildman–Crippen MR) is 163 cm³/mol. The fraction of sp³-hybridized carbons (Fsp3) is 0.515. The maximum atomic E-state index is 13.7. The van der Waals surface area contributed by atoms with Crippen LogP contribution < -0.4 is 10.4 Å². The van der Waals surface area contributed by atoms with Crippen LogP contribution in [0, 0.1) is 5.92 Å². The van der Waals surface area contributed by atoms with Gasteiger partial charge in [-0.15, -0.1) is 0 Å². The number of carbonyl (C=O) groups excluding carboxylic acids is 3. The topological polar surface area (TPSA) is 103 Å². The van der Waals surface area contributed by atoms with Crippen molar-refractivity contribution in [3.8, 4) is 5.75 Å². The molecule has 1 atom stereocenters. The molecule has 3 aromatic rings. The van der Waals surface area contributed by atoms with Crippen molar-refractivity contribution in [1.29, 1.82) is 0 Å². The molecule has 0 bridgehead atoms. The Hall–Kier alpha value is -4.08. The number of methoxy groups -OCH3 is 1. The van der Waals surface area contributed by atoms with Gasteiger partial charge in [0.2, 0.25) is 5.91 Å². The van der Waals surface area contributed by atoms with Crippen molar-refractivity contribution in [3.63, 3.8) is 0 Å². The Morgan fingerprint density at radius 2 is 1.67 bits per heavy atom. The lowest BCUT2D eigenvalue weighted by Crippen LogP contribution is -2.47. The van der Waals surface area contributed by atoms with Gasteiger partial charge in [0.15, 0.2) is 0 Å². The van der Waals surface area contributed by atoms with E-state index in [1.54, 1.807) is 40.3 Å². The minimum Gasteiger partial charge on any atom is -0.497 e. The van der Waals surface area contributed by atoms with E-state index in [9.17, 15) is 19.2 Å². The van der Waals surface area contributed by atoms with Crippen molar-refractivity contribution in [2.45, 2.75) is 77.5 Å². The lowest BCUT2D eigenvalue weighted by Gasteiger charge is -2.33. The molecule has 2 aliphatic heterocycles. The monoisotopic (exact) mass is 590 g/mol. The van der Waals surface area contributed by atoms with E-state index < -0.39 is 11.6 Å². The molecule has 5 rings (SSSR count). The molecule has 2 saturated heterocycles. The first kappa shape index (κ1) is 30.4. The van der Waals surface area contributed by atoms with Crippen LogP contribution in [0.15, 0.2) is 47.3 Å². The maximum absolute atomic E-state index is 13.7. The standard InChI is InChI=1S/C33H42N4O6/c1-33(2,3)43-32(41)35-19-17-22(18-20-35)9-12-24-7-6-8-26-29(24)34(4)31(40)37(26)27-15-16-28(38)36(30(27)39)21-23-10-13-25(42-5)14-11-23/h6-8,10-11,13-14,22,27H,9,12,15-21H2,1-5H3. The van der Waals surface area contributed by atoms with Gasteiger partial charge in [-0.1, -0.05) is 24.3 Å². The van der Waals surface area contributed by atoms with Gasteiger partial charge in [0, 0.05) is 26.6 Å². The van der Waals surface area contributed by atoms with Crippen LogP contribution in [0.5, 0.6) is 5.75 Å². The Morgan fingerprint density at radius 3 is 2.33 bits per heavy atom. The van der Waals surface area contributed by atoms with Crippen LogP contribution in [0.3, 0.4) is 0 Å². The molecule has 43 heavy (non-hydrogen) atoms. The van der Waals surface area contributed by atoms with Crippen molar-refractivity contribution in [3.05, 3.63) is 64.1 Å². The number of hydrogen-bond acceptors (Lipinski definition) is 6. The lowest BCUT2D eigenvalue weighted by molar-refractivity contribution is -0.151. The van der Waals surface area contributed by atoms with Crippen molar-refractivity contribution in [2.24, 2.45) is 13.0 Å². The van der Waals surface area contributed by atoms with Gasteiger partial charge in [0.25, 0.3) is 5.91 Å². The summed E-state index contributed by atoms with van der Waals surface area (Å²) in [5.41, 5.74) is 2.63. The summed E-state index contributed by atoms with van der Waals surface area (Å²) in [4.78, 5) is 55.7. The minimum absolute atomic E-state index is 0.148. The third-order valence-corrected chi connectivity index (χ3v) is 8.57. The average molecular weight is 591 g/mol. The zero-order valence-corrected chi connectivity index (χ0v) is 25.8. The number of rotatable bonds is 7. The number of hydrogen-bond donors (Lipinski definition) is 0. The predicted octanol–water partition coefficient (Wildman–Crippen LogP) is 4.82.